The number of ketones is 1. The maximum absolute atomic E-state index is 12.9. The molecule has 3 aromatic rings. The molecule has 1 saturated carbocycles. The van der Waals surface area contributed by atoms with Gasteiger partial charge >= 0.3 is 0 Å². The molecule has 3 aliphatic rings. The molecule has 0 amide bonds. The lowest BCUT2D eigenvalue weighted by atomic mass is 9.78. The summed E-state index contributed by atoms with van der Waals surface area (Å²) in [5.74, 6) is 0.987. The Morgan fingerprint density at radius 3 is 2.97 bits per heavy atom. The highest BCUT2D eigenvalue weighted by Crippen LogP contribution is 2.44. The van der Waals surface area contributed by atoms with E-state index < -0.39 is 5.60 Å². The zero-order valence-electron chi connectivity index (χ0n) is 19.6. The Morgan fingerprint density at radius 2 is 2.15 bits per heavy atom. The van der Waals surface area contributed by atoms with E-state index in [1.54, 1.807) is 6.20 Å². The zero-order chi connectivity index (χ0) is 23.4. The predicted octanol–water partition coefficient (Wildman–Crippen LogP) is 4.09. The molecule has 34 heavy (non-hydrogen) atoms. The third kappa shape index (κ3) is 3.24. The van der Waals surface area contributed by atoms with Crippen LogP contribution in [-0.4, -0.2) is 61.3 Å². The Balaban J connectivity index is 1.43. The number of hydrogen-bond donors (Lipinski definition) is 0. The molecule has 180 valence electrons. The number of aromatic nitrogens is 5. The largest absolute Gasteiger partial charge is 0.359 e. The molecule has 2 fully saturated rings. The highest BCUT2D eigenvalue weighted by atomic mass is 35.5. The average molecular weight is 485 g/mol. The van der Waals surface area contributed by atoms with Gasteiger partial charge in [0.25, 0.3) is 0 Å². The first-order chi connectivity index (χ1) is 16.5. The maximum Gasteiger partial charge on any atom is 0.186 e. The smallest absolute Gasteiger partial charge is 0.186 e. The van der Waals surface area contributed by atoms with Crippen LogP contribution < -0.4 is 0 Å². The summed E-state index contributed by atoms with van der Waals surface area (Å²) in [6.45, 7) is 6.95. The molecule has 10 heteroatoms. The van der Waals surface area contributed by atoms with E-state index in [4.69, 9.17) is 25.8 Å². The molecule has 0 radical (unpaired) electrons. The van der Waals surface area contributed by atoms with Crippen LogP contribution in [0.5, 0.6) is 0 Å². The van der Waals surface area contributed by atoms with Crippen LogP contribution in [0.4, 0.5) is 0 Å². The molecule has 3 atom stereocenters. The van der Waals surface area contributed by atoms with Gasteiger partial charge < -0.3 is 9.26 Å². The summed E-state index contributed by atoms with van der Waals surface area (Å²) in [6.07, 6.45) is 7.57. The van der Waals surface area contributed by atoms with Crippen LogP contribution in [0.15, 0.2) is 10.7 Å². The van der Waals surface area contributed by atoms with Gasteiger partial charge in [-0.2, -0.15) is 5.10 Å². The third-order valence-electron chi connectivity index (χ3n) is 7.87. The maximum atomic E-state index is 12.9. The van der Waals surface area contributed by atoms with E-state index in [1.165, 1.54) is 6.42 Å². The molecule has 1 spiro atoms. The predicted molar refractivity (Wildman–Crippen MR) is 126 cm³/mol. The SMILES string of the molecule is CCN1CCC[C@H]1[C@H](C)n1ncc2c(Cl)nc(-c3noc4c3CCOC43CCCCC3=O)nc21. The van der Waals surface area contributed by atoms with Gasteiger partial charge in [-0.15, -0.1) is 0 Å². The van der Waals surface area contributed by atoms with Crippen LogP contribution in [0.3, 0.4) is 0 Å². The molecular formula is C24H29ClN6O3. The van der Waals surface area contributed by atoms with E-state index in [-0.39, 0.29) is 11.8 Å². The van der Waals surface area contributed by atoms with Crippen LogP contribution in [0, 0.1) is 0 Å². The summed E-state index contributed by atoms with van der Waals surface area (Å²) in [7, 11) is 0. The van der Waals surface area contributed by atoms with Gasteiger partial charge in [-0.05, 0) is 52.1 Å². The molecule has 6 rings (SSSR count). The first-order valence-electron chi connectivity index (χ1n) is 12.3. The minimum atomic E-state index is -1.02. The molecule has 5 heterocycles. The monoisotopic (exact) mass is 484 g/mol. The number of halogens is 1. The fraction of sp³-hybridized carbons (Fsp3) is 0.625. The Labute approximate surface area is 202 Å². The summed E-state index contributed by atoms with van der Waals surface area (Å²) >= 11 is 6.61. The molecular weight excluding hydrogens is 456 g/mol. The first-order valence-corrected chi connectivity index (χ1v) is 12.7. The van der Waals surface area contributed by atoms with Crippen molar-refractivity contribution in [2.24, 2.45) is 0 Å². The first kappa shape index (κ1) is 22.1. The number of carbonyl (C=O) groups excluding carboxylic acids is 1. The second-order valence-electron chi connectivity index (χ2n) is 9.64. The van der Waals surface area contributed by atoms with Crippen LogP contribution in [-0.2, 0) is 21.6 Å². The van der Waals surface area contributed by atoms with Crippen molar-refractivity contribution in [2.45, 2.75) is 76.5 Å². The molecule has 1 aliphatic carbocycles. The summed E-state index contributed by atoms with van der Waals surface area (Å²) in [4.78, 5) is 24.8. The van der Waals surface area contributed by atoms with Gasteiger partial charge in [0.2, 0.25) is 0 Å². The second kappa shape index (κ2) is 8.39. The molecule has 9 nitrogen and oxygen atoms in total. The van der Waals surface area contributed by atoms with E-state index in [0.29, 0.717) is 60.0 Å². The van der Waals surface area contributed by atoms with Gasteiger partial charge in [0.05, 0.1) is 24.2 Å². The number of Topliss-reactive ketones (excluding diaryl/α,β-unsaturated/α-hetero) is 1. The molecule has 1 saturated heterocycles. The van der Waals surface area contributed by atoms with Crippen LogP contribution in [0.1, 0.15) is 69.7 Å². The number of hydrogen-bond acceptors (Lipinski definition) is 8. The topological polar surface area (TPSA) is 99.2 Å². The van der Waals surface area contributed by atoms with Crippen molar-refractivity contribution in [2.75, 3.05) is 19.7 Å². The van der Waals surface area contributed by atoms with Crippen LogP contribution in [0.25, 0.3) is 22.6 Å². The van der Waals surface area contributed by atoms with Crippen molar-refractivity contribution in [1.29, 1.82) is 0 Å². The van der Waals surface area contributed by atoms with Gasteiger partial charge in [-0.3, -0.25) is 9.69 Å². The van der Waals surface area contributed by atoms with Gasteiger partial charge in [0, 0.05) is 24.4 Å². The lowest BCUT2D eigenvalue weighted by Crippen LogP contribution is -2.44. The highest BCUT2D eigenvalue weighted by molar-refractivity contribution is 6.34. The van der Waals surface area contributed by atoms with Crippen molar-refractivity contribution in [3.05, 3.63) is 22.7 Å². The van der Waals surface area contributed by atoms with Crippen molar-refractivity contribution in [3.8, 4) is 11.5 Å². The summed E-state index contributed by atoms with van der Waals surface area (Å²) < 4.78 is 13.8. The minimum absolute atomic E-state index is 0.0701. The molecule has 0 aromatic carbocycles. The van der Waals surface area contributed by atoms with Crippen LogP contribution >= 0.6 is 11.6 Å². The molecule has 3 aromatic heterocycles. The van der Waals surface area contributed by atoms with E-state index >= 15 is 0 Å². The van der Waals surface area contributed by atoms with E-state index in [2.05, 4.69) is 34.0 Å². The number of ether oxygens (including phenoxy) is 1. The van der Waals surface area contributed by atoms with Gasteiger partial charge in [0.15, 0.2) is 34.3 Å². The number of carbonyl (C=O) groups is 1. The third-order valence-corrected chi connectivity index (χ3v) is 8.16. The average Bonchev–Trinajstić information content (AvgIpc) is 3.59. The van der Waals surface area contributed by atoms with Crippen molar-refractivity contribution < 1.29 is 14.1 Å². The molecule has 1 unspecified atom stereocenters. The molecule has 0 N–H and O–H groups in total. The summed E-state index contributed by atoms with van der Waals surface area (Å²) in [6, 6.07) is 0.543. The van der Waals surface area contributed by atoms with Gasteiger partial charge in [-0.1, -0.05) is 23.7 Å². The van der Waals surface area contributed by atoms with E-state index in [9.17, 15) is 4.79 Å². The van der Waals surface area contributed by atoms with Gasteiger partial charge in [0.1, 0.15) is 5.15 Å². The fourth-order valence-corrected chi connectivity index (χ4v) is 6.28. The number of nitrogens with zero attached hydrogens (tertiary/aromatic N) is 6. The molecule has 0 bridgehead atoms. The van der Waals surface area contributed by atoms with Crippen LogP contribution in [0.2, 0.25) is 5.15 Å². The summed E-state index contributed by atoms with van der Waals surface area (Å²) in [5, 5.41) is 10.0. The number of fused-ring (bicyclic) bond motifs is 3. The normalized spacial score (nSPS) is 26.4. The van der Waals surface area contributed by atoms with Crippen molar-refractivity contribution >= 4 is 28.4 Å². The molecule has 2 aliphatic heterocycles. The lowest BCUT2D eigenvalue weighted by Gasteiger charge is -2.36. The second-order valence-corrected chi connectivity index (χ2v) is 10.00. The summed E-state index contributed by atoms with van der Waals surface area (Å²) in [5.41, 5.74) is 1.06. The number of rotatable bonds is 4. The van der Waals surface area contributed by atoms with Crippen molar-refractivity contribution in [3.63, 3.8) is 0 Å². The Morgan fingerprint density at radius 1 is 1.26 bits per heavy atom. The highest BCUT2D eigenvalue weighted by Gasteiger charge is 2.50. The van der Waals surface area contributed by atoms with Crippen molar-refractivity contribution in [1.82, 2.24) is 29.8 Å². The number of likely N-dealkylation sites (N-methyl/N-ethyl adjacent to an activating group) is 1. The zero-order valence-corrected chi connectivity index (χ0v) is 20.3. The minimum Gasteiger partial charge on any atom is -0.359 e. The standard InChI is InChI=1S/C24H29ClN6O3/c1-3-30-11-6-7-17(30)14(2)31-23-16(13-26-31)21(25)27-22(28-23)19-15-9-12-33-24(20(15)34-29-19)10-5-4-8-18(24)32/h13-14,17H,3-12H2,1-2H3/t14-,17-,24?/m0/s1. The lowest BCUT2D eigenvalue weighted by molar-refractivity contribution is -0.157. The Bertz CT molecular complexity index is 1260. The van der Waals surface area contributed by atoms with Gasteiger partial charge in [-0.25, -0.2) is 14.6 Å². The fourth-order valence-electron chi connectivity index (χ4n) is 6.07. The van der Waals surface area contributed by atoms with E-state index in [1.807, 2.05) is 4.68 Å². The number of likely N-dealkylation sites (tertiary alicyclic amines) is 1. The Kier molecular flexibility index (Phi) is 5.46. The Hall–Kier alpha value is -2.36. The quantitative estimate of drug-likeness (QED) is 0.510. The van der Waals surface area contributed by atoms with E-state index in [0.717, 1.165) is 43.3 Å².